The van der Waals surface area contributed by atoms with E-state index in [0.29, 0.717) is 0 Å². The Kier molecular flexibility index (Phi) is 15.4. The number of nitrogens with zero attached hydrogens (tertiary/aromatic N) is 1. The summed E-state index contributed by atoms with van der Waals surface area (Å²) in [5.41, 5.74) is 2.12. The molecule has 0 aliphatic carbocycles. The third kappa shape index (κ3) is 12.0. The minimum atomic E-state index is 0.748. The Labute approximate surface area is 173 Å². The lowest BCUT2D eigenvalue weighted by molar-refractivity contribution is 0.321. The van der Waals surface area contributed by atoms with Crippen LogP contribution in [-0.2, 0) is 6.42 Å². The molecular formula is C25H43NO2. The van der Waals surface area contributed by atoms with Crippen LogP contribution in [0.4, 0.5) is 0 Å². The van der Waals surface area contributed by atoms with E-state index in [9.17, 15) is 0 Å². The maximum absolute atomic E-state index is 8.76. The highest BCUT2D eigenvalue weighted by atomic mass is 16.5. The van der Waals surface area contributed by atoms with Crippen molar-refractivity contribution >= 4 is 6.21 Å². The molecule has 0 unspecified atom stereocenters. The van der Waals surface area contributed by atoms with Gasteiger partial charge in [0.1, 0.15) is 5.75 Å². The number of hydrogen-bond donors (Lipinski definition) is 1. The molecule has 0 heterocycles. The molecule has 0 aliphatic heterocycles. The Balaban J connectivity index is 1.95. The smallest absolute Gasteiger partial charge is 0.127 e. The van der Waals surface area contributed by atoms with E-state index < -0.39 is 0 Å². The SMILES string of the molecule is CCCCCCCCCCCCCCCCCc1ccc(OC)c(C=NO)c1. The maximum Gasteiger partial charge on any atom is 0.127 e. The van der Waals surface area contributed by atoms with Crippen LogP contribution in [0.1, 0.15) is 114 Å². The van der Waals surface area contributed by atoms with Gasteiger partial charge in [-0.1, -0.05) is 108 Å². The third-order valence-electron chi connectivity index (χ3n) is 5.56. The van der Waals surface area contributed by atoms with Gasteiger partial charge in [-0.2, -0.15) is 0 Å². The number of ether oxygens (including phenoxy) is 1. The van der Waals surface area contributed by atoms with E-state index in [1.165, 1.54) is 108 Å². The first-order chi connectivity index (χ1) is 13.8. The molecule has 1 aromatic rings. The van der Waals surface area contributed by atoms with Crippen LogP contribution in [0, 0.1) is 0 Å². The molecule has 0 amide bonds. The molecule has 0 aliphatic rings. The number of hydrogen-bond acceptors (Lipinski definition) is 3. The van der Waals surface area contributed by atoms with Crippen molar-refractivity contribution in [3.8, 4) is 5.75 Å². The van der Waals surface area contributed by atoms with Gasteiger partial charge in [0, 0.05) is 5.56 Å². The van der Waals surface area contributed by atoms with Crippen LogP contribution in [0.5, 0.6) is 5.75 Å². The molecule has 1 N–H and O–H groups in total. The third-order valence-corrected chi connectivity index (χ3v) is 5.56. The highest BCUT2D eigenvalue weighted by Gasteiger charge is 2.03. The first kappa shape index (κ1) is 24.5. The van der Waals surface area contributed by atoms with E-state index in [2.05, 4.69) is 24.2 Å². The number of oxime groups is 1. The van der Waals surface area contributed by atoms with E-state index in [1.807, 2.05) is 6.07 Å². The Morgan fingerprint density at radius 2 is 1.29 bits per heavy atom. The summed E-state index contributed by atoms with van der Waals surface area (Å²) in [6, 6.07) is 6.12. The summed E-state index contributed by atoms with van der Waals surface area (Å²) < 4.78 is 5.28. The zero-order chi connectivity index (χ0) is 20.3. The summed E-state index contributed by atoms with van der Waals surface area (Å²) in [5.74, 6) is 0.748. The van der Waals surface area contributed by atoms with Crippen LogP contribution in [0.3, 0.4) is 0 Å². The van der Waals surface area contributed by atoms with Crippen LogP contribution in [0.15, 0.2) is 23.4 Å². The molecule has 3 nitrogen and oxygen atoms in total. The van der Waals surface area contributed by atoms with Crippen molar-refractivity contribution in [1.29, 1.82) is 0 Å². The topological polar surface area (TPSA) is 41.8 Å². The molecule has 0 atom stereocenters. The van der Waals surface area contributed by atoms with Gasteiger partial charge in [0.2, 0.25) is 0 Å². The Bertz CT molecular complexity index is 513. The van der Waals surface area contributed by atoms with Crippen molar-refractivity contribution in [2.75, 3.05) is 7.11 Å². The number of methoxy groups -OCH3 is 1. The quantitative estimate of drug-likeness (QED) is 0.120. The molecule has 0 spiro atoms. The van der Waals surface area contributed by atoms with Crippen LogP contribution in [0.25, 0.3) is 0 Å². The molecule has 28 heavy (non-hydrogen) atoms. The van der Waals surface area contributed by atoms with Crippen molar-refractivity contribution in [2.45, 2.75) is 110 Å². The van der Waals surface area contributed by atoms with Crippen LogP contribution < -0.4 is 4.74 Å². The highest BCUT2D eigenvalue weighted by molar-refractivity contribution is 5.83. The molecule has 0 bridgehead atoms. The van der Waals surface area contributed by atoms with Crippen molar-refractivity contribution in [2.24, 2.45) is 5.16 Å². The van der Waals surface area contributed by atoms with Gasteiger partial charge in [0.05, 0.1) is 13.3 Å². The molecule has 0 fully saturated rings. The Morgan fingerprint density at radius 3 is 1.75 bits per heavy atom. The summed E-state index contributed by atoms with van der Waals surface area (Å²) in [7, 11) is 1.64. The Hall–Kier alpha value is -1.51. The summed E-state index contributed by atoms with van der Waals surface area (Å²) in [4.78, 5) is 0. The minimum absolute atomic E-state index is 0.748. The summed E-state index contributed by atoms with van der Waals surface area (Å²) in [6.45, 7) is 2.28. The Morgan fingerprint density at radius 1 is 0.786 bits per heavy atom. The number of benzene rings is 1. The lowest BCUT2D eigenvalue weighted by Crippen LogP contribution is -1.94. The first-order valence-corrected chi connectivity index (χ1v) is 11.7. The molecule has 0 saturated carbocycles. The second kappa shape index (κ2) is 17.6. The lowest BCUT2D eigenvalue weighted by Gasteiger charge is -2.07. The summed E-state index contributed by atoms with van der Waals surface area (Å²) in [6.07, 6.45) is 23.4. The van der Waals surface area contributed by atoms with Crippen LogP contribution in [-0.4, -0.2) is 18.5 Å². The standard InChI is InChI=1S/C25H43NO2/c1-3-4-5-6-7-8-9-10-11-12-13-14-15-16-17-18-23-19-20-25(28-2)24(21-23)22-26-27/h19-22,27H,3-18H2,1-2H3. The second-order valence-electron chi connectivity index (χ2n) is 8.02. The number of unbranched alkanes of at least 4 members (excludes halogenated alkanes) is 14. The second-order valence-corrected chi connectivity index (χ2v) is 8.02. The predicted molar refractivity (Wildman–Crippen MR) is 121 cm³/mol. The van der Waals surface area contributed by atoms with Gasteiger partial charge in [-0.25, -0.2) is 0 Å². The molecule has 1 rings (SSSR count). The van der Waals surface area contributed by atoms with Crippen molar-refractivity contribution in [3.63, 3.8) is 0 Å². The van der Waals surface area contributed by atoms with E-state index in [1.54, 1.807) is 7.11 Å². The van der Waals surface area contributed by atoms with E-state index in [4.69, 9.17) is 9.94 Å². The minimum Gasteiger partial charge on any atom is -0.496 e. The van der Waals surface area contributed by atoms with E-state index >= 15 is 0 Å². The van der Waals surface area contributed by atoms with E-state index in [-0.39, 0.29) is 0 Å². The number of aryl methyl sites for hydroxylation is 1. The fourth-order valence-electron chi connectivity index (χ4n) is 3.80. The van der Waals surface area contributed by atoms with Gasteiger partial charge >= 0.3 is 0 Å². The van der Waals surface area contributed by atoms with E-state index in [0.717, 1.165) is 17.7 Å². The maximum atomic E-state index is 8.76. The predicted octanol–water partition coefficient (Wildman–Crippen LogP) is 7.92. The largest absolute Gasteiger partial charge is 0.496 e. The molecule has 0 saturated heterocycles. The molecule has 3 heteroatoms. The highest BCUT2D eigenvalue weighted by Crippen LogP contribution is 2.20. The number of rotatable bonds is 18. The average molecular weight is 390 g/mol. The molecular weight excluding hydrogens is 346 g/mol. The van der Waals surface area contributed by atoms with Crippen molar-refractivity contribution in [3.05, 3.63) is 29.3 Å². The summed E-state index contributed by atoms with van der Waals surface area (Å²) >= 11 is 0. The molecule has 1 aromatic carbocycles. The summed E-state index contributed by atoms with van der Waals surface area (Å²) in [5, 5.41) is 11.9. The normalized spacial score (nSPS) is 11.4. The molecule has 160 valence electrons. The van der Waals surface area contributed by atoms with Crippen LogP contribution in [0.2, 0.25) is 0 Å². The van der Waals surface area contributed by atoms with Crippen molar-refractivity contribution < 1.29 is 9.94 Å². The van der Waals surface area contributed by atoms with Gasteiger partial charge in [-0.05, 0) is 30.5 Å². The zero-order valence-electron chi connectivity index (χ0n) is 18.4. The fourth-order valence-corrected chi connectivity index (χ4v) is 3.80. The average Bonchev–Trinajstić information content (AvgIpc) is 2.71. The molecule has 0 radical (unpaired) electrons. The van der Waals surface area contributed by atoms with Gasteiger partial charge in [0.15, 0.2) is 0 Å². The monoisotopic (exact) mass is 389 g/mol. The molecule has 0 aromatic heterocycles. The van der Waals surface area contributed by atoms with Gasteiger partial charge < -0.3 is 9.94 Å². The van der Waals surface area contributed by atoms with Gasteiger partial charge in [0.25, 0.3) is 0 Å². The van der Waals surface area contributed by atoms with Crippen LogP contribution >= 0.6 is 0 Å². The van der Waals surface area contributed by atoms with Gasteiger partial charge in [-0.15, -0.1) is 0 Å². The zero-order valence-corrected chi connectivity index (χ0v) is 18.4. The fraction of sp³-hybridized carbons (Fsp3) is 0.720. The van der Waals surface area contributed by atoms with Gasteiger partial charge in [-0.3, -0.25) is 0 Å². The first-order valence-electron chi connectivity index (χ1n) is 11.7. The lowest BCUT2D eigenvalue weighted by atomic mass is 10.0. The van der Waals surface area contributed by atoms with Crippen molar-refractivity contribution in [1.82, 2.24) is 0 Å².